The molecule has 0 aromatic rings. The van der Waals surface area contributed by atoms with Crippen molar-refractivity contribution in [2.75, 3.05) is 0 Å². The van der Waals surface area contributed by atoms with Crippen LogP contribution in [0.5, 0.6) is 0 Å². The predicted octanol–water partition coefficient (Wildman–Crippen LogP) is 3.04. The lowest BCUT2D eigenvalue weighted by Crippen LogP contribution is -2.35. The third-order valence-corrected chi connectivity index (χ3v) is 4.14. The Morgan fingerprint density at radius 2 is 1.47 bits per heavy atom. The first-order chi connectivity index (χ1) is 7.23. The zero-order chi connectivity index (χ0) is 10.7. The first-order valence-corrected chi connectivity index (χ1v) is 6.28. The molecule has 0 bridgehead atoms. The van der Waals surface area contributed by atoms with Crippen LogP contribution in [-0.4, -0.2) is 11.6 Å². The summed E-state index contributed by atoms with van der Waals surface area (Å²) in [4.78, 5) is 23.6. The fraction of sp³-hybridized carbons (Fsp3) is 0.846. The molecule has 0 aliphatic heterocycles. The van der Waals surface area contributed by atoms with E-state index in [2.05, 4.69) is 0 Å². The summed E-state index contributed by atoms with van der Waals surface area (Å²) in [6.07, 6.45) is 9.25. The van der Waals surface area contributed by atoms with Crippen LogP contribution in [0.3, 0.4) is 0 Å². The first-order valence-electron chi connectivity index (χ1n) is 6.28. The zero-order valence-corrected chi connectivity index (χ0v) is 9.39. The largest absolute Gasteiger partial charge is 0.300 e. The number of Topliss-reactive ketones (excluding diaryl/α,β-unsaturated/α-hetero) is 2. The van der Waals surface area contributed by atoms with Crippen molar-refractivity contribution >= 4 is 11.6 Å². The summed E-state index contributed by atoms with van der Waals surface area (Å²) in [6.45, 7) is 0. The number of hydrogen-bond donors (Lipinski definition) is 0. The van der Waals surface area contributed by atoms with Crippen molar-refractivity contribution < 1.29 is 9.59 Å². The predicted molar refractivity (Wildman–Crippen MR) is 58.6 cm³/mol. The van der Waals surface area contributed by atoms with Gasteiger partial charge in [0, 0.05) is 24.7 Å². The van der Waals surface area contributed by atoms with E-state index < -0.39 is 0 Å². The average Bonchev–Trinajstić information content (AvgIpc) is 2.26. The quantitative estimate of drug-likeness (QED) is 0.613. The molecule has 0 heterocycles. The molecule has 2 fully saturated rings. The fourth-order valence-corrected chi connectivity index (χ4v) is 3.11. The highest BCUT2D eigenvalue weighted by Crippen LogP contribution is 2.43. The first kappa shape index (κ1) is 10.8. The van der Waals surface area contributed by atoms with Crippen LogP contribution in [0, 0.1) is 5.41 Å². The monoisotopic (exact) mass is 208 g/mol. The number of ketones is 2. The molecule has 84 valence electrons. The third-order valence-electron chi connectivity index (χ3n) is 4.14. The van der Waals surface area contributed by atoms with Crippen LogP contribution in [-0.2, 0) is 9.59 Å². The van der Waals surface area contributed by atoms with E-state index in [0.29, 0.717) is 30.8 Å². The van der Waals surface area contributed by atoms with E-state index in [1.54, 1.807) is 0 Å². The Kier molecular flexibility index (Phi) is 3.22. The topological polar surface area (TPSA) is 34.1 Å². The van der Waals surface area contributed by atoms with Crippen molar-refractivity contribution in [2.24, 2.45) is 5.41 Å². The van der Waals surface area contributed by atoms with E-state index in [1.807, 2.05) is 0 Å². The highest BCUT2D eigenvalue weighted by Gasteiger charge is 2.39. The second kappa shape index (κ2) is 4.46. The minimum atomic E-state index is -0.0890. The van der Waals surface area contributed by atoms with Gasteiger partial charge < -0.3 is 0 Å². The Morgan fingerprint density at radius 3 is 2.20 bits per heavy atom. The minimum absolute atomic E-state index is 0.0890. The molecule has 0 radical (unpaired) electrons. The molecule has 0 atom stereocenters. The van der Waals surface area contributed by atoms with E-state index >= 15 is 0 Å². The van der Waals surface area contributed by atoms with Crippen LogP contribution >= 0.6 is 0 Å². The van der Waals surface area contributed by atoms with Gasteiger partial charge in [-0.05, 0) is 25.7 Å². The van der Waals surface area contributed by atoms with Crippen molar-refractivity contribution in [3.63, 3.8) is 0 Å². The van der Waals surface area contributed by atoms with Crippen LogP contribution in [0.2, 0.25) is 0 Å². The molecule has 0 saturated heterocycles. The lowest BCUT2D eigenvalue weighted by atomic mass is 9.66. The highest BCUT2D eigenvalue weighted by molar-refractivity contribution is 5.88. The second-order valence-electron chi connectivity index (χ2n) is 5.16. The maximum atomic E-state index is 12.1. The number of carbonyl (C=O) groups is 2. The van der Waals surface area contributed by atoms with Gasteiger partial charge in [0.25, 0.3) is 0 Å². The molecule has 2 saturated carbocycles. The summed E-state index contributed by atoms with van der Waals surface area (Å²) in [6, 6.07) is 0. The summed E-state index contributed by atoms with van der Waals surface area (Å²) >= 11 is 0. The van der Waals surface area contributed by atoms with Gasteiger partial charge in [-0.3, -0.25) is 9.59 Å². The average molecular weight is 208 g/mol. The summed E-state index contributed by atoms with van der Waals surface area (Å²) in [5.74, 6) is 0.821. The van der Waals surface area contributed by atoms with Crippen molar-refractivity contribution in [3.05, 3.63) is 0 Å². The molecule has 0 aromatic carbocycles. The highest BCUT2D eigenvalue weighted by atomic mass is 16.1. The van der Waals surface area contributed by atoms with E-state index in [-0.39, 0.29) is 5.41 Å². The Hall–Kier alpha value is -0.660. The summed E-state index contributed by atoms with van der Waals surface area (Å²) in [5, 5.41) is 0. The molecule has 2 heteroatoms. The summed E-state index contributed by atoms with van der Waals surface area (Å²) in [5.41, 5.74) is -0.0890. The van der Waals surface area contributed by atoms with Crippen LogP contribution < -0.4 is 0 Å². The van der Waals surface area contributed by atoms with Gasteiger partial charge in [-0.25, -0.2) is 0 Å². The molecule has 0 unspecified atom stereocenters. The molecule has 2 aliphatic rings. The maximum absolute atomic E-state index is 12.1. The van der Waals surface area contributed by atoms with E-state index in [1.165, 1.54) is 19.3 Å². The zero-order valence-electron chi connectivity index (χ0n) is 9.39. The second-order valence-corrected chi connectivity index (χ2v) is 5.16. The van der Waals surface area contributed by atoms with Gasteiger partial charge in [-0.2, -0.15) is 0 Å². The van der Waals surface area contributed by atoms with Gasteiger partial charge in [0.05, 0.1) is 0 Å². The van der Waals surface area contributed by atoms with Crippen molar-refractivity contribution in [1.29, 1.82) is 0 Å². The molecule has 0 amide bonds. The SMILES string of the molecule is O=C1CCCC(=O)C2(CCCCC2)CC1. The minimum Gasteiger partial charge on any atom is -0.300 e. The molecule has 0 aromatic heterocycles. The van der Waals surface area contributed by atoms with Gasteiger partial charge in [-0.15, -0.1) is 0 Å². The Bertz CT molecular complexity index is 262. The fourth-order valence-electron chi connectivity index (χ4n) is 3.11. The lowest BCUT2D eigenvalue weighted by Gasteiger charge is -2.37. The van der Waals surface area contributed by atoms with Gasteiger partial charge in [0.1, 0.15) is 11.6 Å². The van der Waals surface area contributed by atoms with Crippen molar-refractivity contribution in [1.82, 2.24) is 0 Å². The standard InChI is InChI=1S/C13H20O2/c14-11-5-4-6-12(15)13(10-7-11)8-2-1-3-9-13/h1-10H2. The number of rotatable bonds is 0. The van der Waals surface area contributed by atoms with Crippen LogP contribution in [0.4, 0.5) is 0 Å². The molecular formula is C13H20O2. The molecule has 15 heavy (non-hydrogen) atoms. The lowest BCUT2D eigenvalue weighted by molar-refractivity contribution is -0.133. The van der Waals surface area contributed by atoms with E-state index in [4.69, 9.17) is 0 Å². The van der Waals surface area contributed by atoms with Crippen LogP contribution in [0.25, 0.3) is 0 Å². The summed E-state index contributed by atoms with van der Waals surface area (Å²) < 4.78 is 0. The molecule has 0 N–H and O–H groups in total. The maximum Gasteiger partial charge on any atom is 0.139 e. The van der Waals surface area contributed by atoms with Gasteiger partial charge in [0.15, 0.2) is 0 Å². The smallest absolute Gasteiger partial charge is 0.139 e. The molecule has 2 aliphatic carbocycles. The van der Waals surface area contributed by atoms with Gasteiger partial charge >= 0.3 is 0 Å². The Morgan fingerprint density at radius 1 is 0.733 bits per heavy atom. The van der Waals surface area contributed by atoms with Gasteiger partial charge in [-0.1, -0.05) is 19.3 Å². The van der Waals surface area contributed by atoms with Crippen LogP contribution in [0.1, 0.15) is 64.2 Å². The molecule has 1 spiro atoms. The van der Waals surface area contributed by atoms with E-state index in [9.17, 15) is 9.59 Å². The van der Waals surface area contributed by atoms with E-state index in [0.717, 1.165) is 25.7 Å². The molecular weight excluding hydrogens is 188 g/mol. The Balaban J connectivity index is 2.10. The number of hydrogen-bond acceptors (Lipinski definition) is 2. The Labute approximate surface area is 91.4 Å². The molecule has 2 rings (SSSR count). The number of carbonyl (C=O) groups excluding carboxylic acids is 2. The molecule has 2 nitrogen and oxygen atoms in total. The normalized spacial score (nSPS) is 27.5. The van der Waals surface area contributed by atoms with Crippen molar-refractivity contribution in [2.45, 2.75) is 64.2 Å². The third kappa shape index (κ3) is 2.30. The van der Waals surface area contributed by atoms with Crippen LogP contribution in [0.15, 0.2) is 0 Å². The summed E-state index contributed by atoms with van der Waals surface area (Å²) in [7, 11) is 0. The van der Waals surface area contributed by atoms with Gasteiger partial charge in [0.2, 0.25) is 0 Å². The van der Waals surface area contributed by atoms with Crippen molar-refractivity contribution in [3.8, 4) is 0 Å².